The van der Waals surface area contributed by atoms with Crippen LogP contribution in [0.1, 0.15) is 44.3 Å². The van der Waals surface area contributed by atoms with Gasteiger partial charge in [-0.05, 0) is 54.8 Å². The molecule has 0 saturated carbocycles. The molecule has 1 N–H and O–H groups in total. The molecular formula is C26H21N3O. The highest BCUT2D eigenvalue weighted by Gasteiger charge is 2.34. The first-order valence-electron chi connectivity index (χ1n) is 10.1. The monoisotopic (exact) mass is 391 g/mol. The Kier molecular flexibility index (Phi) is 4.37. The Morgan fingerprint density at radius 1 is 1.03 bits per heavy atom. The molecule has 1 aromatic heterocycles. The minimum Gasteiger partial charge on any atom is -0.356 e. The van der Waals surface area contributed by atoms with Gasteiger partial charge in [-0.1, -0.05) is 48.0 Å². The molecule has 0 saturated heterocycles. The lowest BCUT2D eigenvalue weighted by Crippen LogP contribution is -2.40. The highest BCUT2D eigenvalue weighted by atomic mass is 16.2. The number of benzene rings is 3. The summed E-state index contributed by atoms with van der Waals surface area (Å²) >= 11 is 0. The summed E-state index contributed by atoms with van der Waals surface area (Å²) in [6, 6.07) is 25.6. The first-order valence-corrected chi connectivity index (χ1v) is 10.1. The normalized spacial score (nSPS) is 15.6. The Labute approximate surface area is 175 Å². The number of nitriles is 1. The lowest BCUT2D eigenvalue weighted by atomic mass is 9.91. The van der Waals surface area contributed by atoms with Crippen molar-refractivity contribution in [1.29, 1.82) is 5.26 Å². The summed E-state index contributed by atoms with van der Waals surface area (Å²) < 4.78 is 0. The number of para-hydroxylation sites is 1. The van der Waals surface area contributed by atoms with Crippen LogP contribution in [-0.4, -0.2) is 22.3 Å². The number of carbonyl (C=O) groups excluding carboxylic acids is 1. The number of H-pyrrole nitrogens is 1. The number of hydrogen-bond donors (Lipinski definition) is 1. The van der Waals surface area contributed by atoms with Gasteiger partial charge in [-0.2, -0.15) is 5.26 Å². The van der Waals surface area contributed by atoms with Crippen molar-refractivity contribution < 1.29 is 4.79 Å². The Bertz CT molecular complexity index is 1280. The molecule has 146 valence electrons. The van der Waals surface area contributed by atoms with Crippen molar-refractivity contribution >= 4 is 16.8 Å². The van der Waals surface area contributed by atoms with Gasteiger partial charge in [0.25, 0.3) is 5.91 Å². The molecule has 2 heterocycles. The molecule has 0 radical (unpaired) electrons. The van der Waals surface area contributed by atoms with E-state index in [9.17, 15) is 4.79 Å². The summed E-state index contributed by atoms with van der Waals surface area (Å²) in [6.45, 7) is 2.71. The maximum atomic E-state index is 13.5. The average Bonchev–Trinajstić information content (AvgIpc) is 3.17. The van der Waals surface area contributed by atoms with Gasteiger partial charge in [0.2, 0.25) is 0 Å². The summed E-state index contributed by atoms with van der Waals surface area (Å²) in [5.74, 6) is -0.0191. The fraction of sp³-hybridized carbons (Fsp3) is 0.154. The van der Waals surface area contributed by atoms with Crippen LogP contribution in [0.5, 0.6) is 0 Å². The van der Waals surface area contributed by atoms with E-state index in [0.29, 0.717) is 17.7 Å². The molecule has 5 rings (SSSR count). The minimum absolute atomic E-state index is 0.0191. The molecule has 1 aliphatic rings. The second kappa shape index (κ2) is 7.20. The van der Waals surface area contributed by atoms with E-state index in [1.54, 1.807) is 24.3 Å². The molecule has 4 aromatic rings. The fourth-order valence-electron chi connectivity index (χ4n) is 4.41. The summed E-state index contributed by atoms with van der Waals surface area (Å²) in [6.07, 6.45) is 0.809. The van der Waals surface area contributed by atoms with Crippen molar-refractivity contribution in [2.75, 3.05) is 6.54 Å². The van der Waals surface area contributed by atoms with Gasteiger partial charge in [0.15, 0.2) is 0 Å². The van der Waals surface area contributed by atoms with E-state index in [2.05, 4.69) is 60.4 Å². The van der Waals surface area contributed by atoms with E-state index in [4.69, 9.17) is 5.26 Å². The Balaban J connectivity index is 1.63. The molecule has 0 aliphatic carbocycles. The van der Waals surface area contributed by atoms with Crippen LogP contribution in [0.15, 0.2) is 72.8 Å². The SMILES string of the molecule is Cc1ccc(C2c3[nH]c4ccccc4c3CCN2C(=O)c2ccc(C#N)cc2)cc1. The van der Waals surface area contributed by atoms with E-state index < -0.39 is 0 Å². The van der Waals surface area contributed by atoms with Gasteiger partial charge in [-0.25, -0.2) is 0 Å². The van der Waals surface area contributed by atoms with Crippen LogP contribution in [0.3, 0.4) is 0 Å². The van der Waals surface area contributed by atoms with Crippen molar-refractivity contribution in [2.45, 2.75) is 19.4 Å². The third-order valence-corrected chi connectivity index (χ3v) is 5.95. The lowest BCUT2D eigenvalue weighted by molar-refractivity contribution is 0.0692. The van der Waals surface area contributed by atoms with Gasteiger partial charge in [0, 0.05) is 28.7 Å². The van der Waals surface area contributed by atoms with Crippen LogP contribution in [-0.2, 0) is 6.42 Å². The number of amides is 1. The molecule has 1 atom stereocenters. The molecule has 0 bridgehead atoms. The Hall–Kier alpha value is -3.84. The smallest absolute Gasteiger partial charge is 0.254 e. The largest absolute Gasteiger partial charge is 0.356 e. The number of carbonyl (C=O) groups is 1. The number of nitrogens with zero attached hydrogens (tertiary/aromatic N) is 2. The first kappa shape index (κ1) is 18.2. The molecule has 1 amide bonds. The van der Waals surface area contributed by atoms with Gasteiger partial charge in [-0.15, -0.1) is 0 Å². The van der Waals surface area contributed by atoms with Crippen LogP contribution < -0.4 is 0 Å². The summed E-state index contributed by atoms with van der Waals surface area (Å²) in [4.78, 5) is 19.0. The van der Waals surface area contributed by atoms with E-state index in [1.165, 1.54) is 16.5 Å². The number of fused-ring (bicyclic) bond motifs is 3. The molecule has 4 nitrogen and oxygen atoms in total. The maximum Gasteiger partial charge on any atom is 0.254 e. The van der Waals surface area contributed by atoms with Crippen LogP contribution >= 0.6 is 0 Å². The molecule has 0 spiro atoms. The summed E-state index contributed by atoms with van der Waals surface area (Å²) in [7, 11) is 0. The zero-order chi connectivity index (χ0) is 20.7. The third-order valence-electron chi connectivity index (χ3n) is 5.95. The van der Waals surface area contributed by atoms with E-state index in [1.807, 2.05) is 11.0 Å². The minimum atomic E-state index is -0.176. The van der Waals surface area contributed by atoms with E-state index in [0.717, 1.165) is 23.2 Å². The van der Waals surface area contributed by atoms with Crippen LogP contribution in [0.4, 0.5) is 0 Å². The van der Waals surface area contributed by atoms with Crippen LogP contribution in [0.2, 0.25) is 0 Å². The van der Waals surface area contributed by atoms with Gasteiger partial charge in [-0.3, -0.25) is 4.79 Å². The van der Waals surface area contributed by atoms with Crippen LogP contribution in [0, 0.1) is 18.3 Å². The van der Waals surface area contributed by atoms with Crippen molar-refractivity contribution in [3.05, 3.63) is 106 Å². The first-order chi connectivity index (χ1) is 14.7. The van der Waals surface area contributed by atoms with E-state index >= 15 is 0 Å². The number of aryl methyl sites for hydroxylation is 1. The zero-order valence-corrected chi connectivity index (χ0v) is 16.7. The van der Waals surface area contributed by atoms with Crippen molar-refractivity contribution in [3.8, 4) is 6.07 Å². The maximum absolute atomic E-state index is 13.5. The fourth-order valence-corrected chi connectivity index (χ4v) is 4.41. The molecule has 1 aliphatic heterocycles. The predicted molar refractivity (Wildman–Crippen MR) is 117 cm³/mol. The molecule has 0 fully saturated rings. The van der Waals surface area contributed by atoms with Crippen LogP contribution in [0.25, 0.3) is 10.9 Å². The quantitative estimate of drug-likeness (QED) is 0.515. The third kappa shape index (κ3) is 2.96. The summed E-state index contributed by atoms with van der Waals surface area (Å²) in [5.41, 5.74) is 6.93. The number of aromatic nitrogens is 1. The molecule has 3 aromatic carbocycles. The second-order valence-electron chi connectivity index (χ2n) is 7.81. The molecular weight excluding hydrogens is 370 g/mol. The number of aromatic amines is 1. The highest BCUT2D eigenvalue weighted by Crippen LogP contribution is 2.39. The van der Waals surface area contributed by atoms with Crippen molar-refractivity contribution in [1.82, 2.24) is 9.88 Å². The van der Waals surface area contributed by atoms with Gasteiger partial charge < -0.3 is 9.88 Å². The standard InChI is InChI=1S/C26H21N3O/c1-17-6-10-19(11-7-17)25-24-22(21-4-2-3-5-23(21)28-24)14-15-29(25)26(30)20-12-8-18(16-27)9-13-20/h2-13,25,28H,14-15H2,1H3. The number of nitrogens with one attached hydrogen (secondary N) is 1. The Morgan fingerprint density at radius 3 is 2.50 bits per heavy atom. The zero-order valence-electron chi connectivity index (χ0n) is 16.7. The summed E-state index contributed by atoms with van der Waals surface area (Å²) in [5, 5.41) is 10.3. The van der Waals surface area contributed by atoms with Crippen molar-refractivity contribution in [2.24, 2.45) is 0 Å². The van der Waals surface area contributed by atoms with Gasteiger partial charge in [0.1, 0.15) is 0 Å². The number of rotatable bonds is 2. The lowest BCUT2D eigenvalue weighted by Gasteiger charge is -2.36. The second-order valence-corrected chi connectivity index (χ2v) is 7.81. The predicted octanol–water partition coefficient (Wildman–Crippen LogP) is 5.14. The van der Waals surface area contributed by atoms with Gasteiger partial charge >= 0.3 is 0 Å². The number of hydrogen-bond acceptors (Lipinski definition) is 2. The highest BCUT2D eigenvalue weighted by molar-refractivity contribution is 5.95. The molecule has 30 heavy (non-hydrogen) atoms. The molecule has 4 heteroatoms. The topological polar surface area (TPSA) is 59.9 Å². The van der Waals surface area contributed by atoms with E-state index in [-0.39, 0.29) is 11.9 Å². The molecule has 1 unspecified atom stereocenters. The average molecular weight is 391 g/mol. The Morgan fingerprint density at radius 2 is 1.77 bits per heavy atom. The van der Waals surface area contributed by atoms with Gasteiger partial charge in [0.05, 0.1) is 17.7 Å². The van der Waals surface area contributed by atoms with Crippen molar-refractivity contribution in [3.63, 3.8) is 0 Å².